The molecule has 1 rings (SSSR count). The Morgan fingerprint density at radius 3 is 2.30 bits per heavy atom. The lowest BCUT2D eigenvalue weighted by Crippen LogP contribution is -2.32. The summed E-state index contributed by atoms with van der Waals surface area (Å²) >= 11 is 0. The van der Waals surface area contributed by atoms with E-state index in [4.69, 9.17) is 10.5 Å². The molecule has 0 saturated carbocycles. The summed E-state index contributed by atoms with van der Waals surface area (Å²) in [6.07, 6.45) is -2.69. The lowest BCUT2D eigenvalue weighted by atomic mass is 10.1. The van der Waals surface area contributed by atoms with E-state index >= 15 is 0 Å². The zero-order valence-electron chi connectivity index (χ0n) is 10.3. The van der Waals surface area contributed by atoms with Crippen LogP contribution < -0.4 is 0 Å². The van der Waals surface area contributed by atoms with Gasteiger partial charge in [0, 0.05) is 5.56 Å². The van der Waals surface area contributed by atoms with Crippen LogP contribution in [0.25, 0.3) is 0 Å². The minimum Gasteiger partial charge on any atom is -0.212 e. The van der Waals surface area contributed by atoms with Gasteiger partial charge in [-0.05, 0) is 11.6 Å². The van der Waals surface area contributed by atoms with Crippen LogP contribution in [0.15, 0.2) is 24.3 Å². The van der Waals surface area contributed by atoms with Gasteiger partial charge in [-0.2, -0.15) is 14.8 Å². The van der Waals surface area contributed by atoms with Crippen molar-refractivity contribution in [3.8, 4) is 12.1 Å². The molecule has 0 aromatic heterocycles. The molecule has 0 saturated heterocycles. The van der Waals surface area contributed by atoms with Gasteiger partial charge >= 0.3 is 0 Å². The molecule has 0 spiro atoms. The molecule has 0 aliphatic carbocycles. The fraction of sp³-hybridized carbons (Fsp3) is 0.333. The van der Waals surface area contributed by atoms with Crippen LogP contribution in [0.2, 0.25) is 0 Å². The summed E-state index contributed by atoms with van der Waals surface area (Å²) in [5, 5.41) is 17.1. The van der Waals surface area contributed by atoms with Crippen LogP contribution in [0.4, 0.5) is 8.78 Å². The van der Waals surface area contributed by atoms with Gasteiger partial charge in [0.15, 0.2) is 0 Å². The highest BCUT2D eigenvalue weighted by Gasteiger charge is 2.22. The first-order chi connectivity index (χ1) is 9.40. The first-order valence-electron chi connectivity index (χ1n) is 5.49. The number of nitriles is 2. The van der Waals surface area contributed by atoms with Crippen molar-refractivity contribution in [3.05, 3.63) is 35.4 Å². The highest BCUT2D eigenvalue weighted by Crippen LogP contribution is 2.21. The molecule has 1 aromatic rings. The first-order valence-corrected chi connectivity index (χ1v) is 7.10. The van der Waals surface area contributed by atoms with Gasteiger partial charge in [-0.25, -0.2) is 17.2 Å². The van der Waals surface area contributed by atoms with Crippen LogP contribution >= 0.6 is 0 Å². The molecule has 0 fully saturated rings. The Balaban J connectivity index is 2.98. The van der Waals surface area contributed by atoms with E-state index in [1.165, 1.54) is 18.2 Å². The van der Waals surface area contributed by atoms with Gasteiger partial charge < -0.3 is 0 Å². The van der Waals surface area contributed by atoms with Crippen molar-refractivity contribution in [2.45, 2.75) is 12.2 Å². The van der Waals surface area contributed by atoms with Crippen LogP contribution in [0.5, 0.6) is 0 Å². The average Bonchev–Trinajstić information content (AvgIpc) is 2.38. The molecule has 0 atom stereocenters. The summed E-state index contributed by atoms with van der Waals surface area (Å²) in [7, 11) is -3.90. The quantitative estimate of drug-likeness (QED) is 0.750. The molecule has 0 aliphatic rings. The normalized spacial score (nSPS) is 11.3. The molecule has 0 unspecified atom stereocenters. The fourth-order valence-electron chi connectivity index (χ4n) is 1.53. The third kappa shape index (κ3) is 4.26. The topological polar surface area (TPSA) is 85.0 Å². The molecule has 8 heteroatoms. The number of rotatable bonds is 6. The van der Waals surface area contributed by atoms with Gasteiger partial charge in [0.05, 0.1) is 17.9 Å². The van der Waals surface area contributed by atoms with Crippen molar-refractivity contribution in [2.75, 3.05) is 13.1 Å². The Bertz CT molecular complexity index is 631. The lowest BCUT2D eigenvalue weighted by Gasteiger charge is -2.16. The van der Waals surface area contributed by atoms with Crippen molar-refractivity contribution < 1.29 is 17.2 Å². The van der Waals surface area contributed by atoms with Crippen molar-refractivity contribution in [1.29, 1.82) is 10.5 Å². The maximum atomic E-state index is 12.5. The number of halogens is 2. The lowest BCUT2D eigenvalue weighted by molar-refractivity contribution is 0.151. The van der Waals surface area contributed by atoms with Crippen LogP contribution in [0.3, 0.4) is 0 Å². The minimum absolute atomic E-state index is 0.184. The maximum Gasteiger partial charge on any atom is 0.263 e. The Kier molecular flexibility index (Phi) is 5.56. The van der Waals surface area contributed by atoms with E-state index in [1.807, 2.05) is 0 Å². The van der Waals surface area contributed by atoms with Gasteiger partial charge in [0.1, 0.15) is 13.1 Å². The van der Waals surface area contributed by atoms with E-state index in [9.17, 15) is 17.2 Å². The van der Waals surface area contributed by atoms with Gasteiger partial charge in [-0.3, -0.25) is 0 Å². The molecule has 0 aliphatic heterocycles. The van der Waals surface area contributed by atoms with Crippen molar-refractivity contribution >= 4 is 10.0 Å². The summed E-state index contributed by atoms with van der Waals surface area (Å²) in [5.41, 5.74) is -0.0894. The standard InChI is InChI=1S/C12H11F2N3O2S/c13-12(14)11-3-1-2-10(8-11)9-20(18,19)17(6-4-15)7-5-16/h1-3,8,12H,6-7,9H2. The van der Waals surface area contributed by atoms with Crippen LogP contribution in [-0.2, 0) is 15.8 Å². The van der Waals surface area contributed by atoms with E-state index in [-0.39, 0.29) is 11.1 Å². The molecular formula is C12H11F2N3O2S. The number of hydrogen-bond acceptors (Lipinski definition) is 4. The first kappa shape index (κ1) is 16.0. The van der Waals surface area contributed by atoms with Gasteiger partial charge in [-0.15, -0.1) is 0 Å². The molecular weight excluding hydrogens is 288 g/mol. The smallest absolute Gasteiger partial charge is 0.212 e. The summed E-state index contributed by atoms with van der Waals surface area (Å²) in [5.74, 6) is -0.531. The summed E-state index contributed by atoms with van der Waals surface area (Å²) < 4.78 is 49.8. The SMILES string of the molecule is N#CCN(CC#N)S(=O)(=O)Cc1cccc(C(F)F)c1. The summed E-state index contributed by atoms with van der Waals surface area (Å²) in [4.78, 5) is 0. The summed E-state index contributed by atoms with van der Waals surface area (Å²) in [6, 6.07) is 8.34. The van der Waals surface area contributed by atoms with Crippen LogP contribution in [0, 0.1) is 22.7 Å². The monoisotopic (exact) mass is 299 g/mol. The van der Waals surface area contributed by atoms with E-state index in [1.54, 1.807) is 12.1 Å². The minimum atomic E-state index is -3.90. The number of benzene rings is 1. The second-order valence-corrected chi connectivity index (χ2v) is 5.86. The predicted molar refractivity (Wildman–Crippen MR) is 66.8 cm³/mol. The molecule has 0 amide bonds. The second-order valence-electron chi connectivity index (χ2n) is 3.89. The highest BCUT2D eigenvalue weighted by atomic mass is 32.2. The van der Waals surface area contributed by atoms with E-state index in [0.29, 0.717) is 4.31 Å². The molecule has 0 heterocycles. The van der Waals surface area contributed by atoms with Crippen molar-refractivity contribution in [3.63, 3.8) is 0 Å². The maximum absolute atomic E-state index is 12.5. The van der Waals surface area contributed by atoms with Crippen LogP contribution in [-0.4, -0.2) is 25.8 Å². The van der Waals surface area contributed by atoms with Crippen molar-refractivity contribution in [2.24, 2.45) is 0 Å². The third-order valence-corrected chi connectivity index (χ3v) is 4.18. The fourth-order valence-corrected chi connectivity index (χ4v) is 2.82. The van der Waals surface area contributed by atoms with Gasteiger partial charge in [0.25, 0.3) is 6.43 Å². The van der Waals surface area contributed by atoms with E-state index < -0.39 is 35.3 Å². The Labute approximate surface area is 115 Å². The molecule has 20 heavy (non-hydrogen) atoms. The highest BCUT2D eigenvalue weighted by molar-refractivity contribution is 7.88. The third-order valence-electron chi connectivity index (χ3n) is 2.44. The van der Waals surface area contributed by atoms with E-state index in [0.717, 1.165) is 6.07 Å². The Hall–Kier alpha value is -2.03. The second kappa shape index (κ2) is 6.94. The number of nitrogens with zero attached hydrogens (tertiary/aromatic N) is 3. The molecule has 0 N–H and O–H groups in total. The van der Waals surface area contributed by atoms with Crippen molar-refractivity contribution in [1.82, 2.24) is 4.31 Å². The Morgan fingerprint density at radius 2 is 1.80 bits per heavy atom. The predicted octanol–water partition coefficient (Wildman–Crippen LogP) is 1.80. The number of alkyl halides is 2. The summed E-state index contributed by atoms with van der Waals surface area (Å²) in [6.45, 7) is -0.908. The van der Waals surface area contributed by atoms with Crippen LogP contribution in [0.1, 0.15) is 17.6 Å². The van der Waals surface area contributed by atoms with Gasteiger partial charge in [-0.1, -0.05) is 18.2 Å². The average molecular weight is 299 g/mol. The molecule has 106 valence electrons. The zero-order valence-corrected chi connectivity index (χ0v) is 11.1. The number of hydrogen-bond donors (Lipinski definition) is 0. The molecule has 5 nitrogen and oxygen atoms in total. The molecule has 0 radical (unpaired) electrons. The van der Waals surface area contributed by atoms with E-state index in [2.05, 4.69) is 0 Å². The Morgan fingerprint density at radius 1 is 1.20 bits per heavy atom. The molecule has 0 bridgehead atoms. The zero-order chi connectivity index (χ0) is 15.2. The number of sulfonamides is 1. The largest absolute Gasteiger partial charge is 0.263 e. The van der Waals surface area contributed by atoms with Gasteiger partial charge in [0.2, 0.25) is 10.0 Å². The molecule has 1 aromatic carbocycles.